The van der Waals surface area contributed by atoms with E-state index in [2.05, 4.69) is 0 Å². The zero-order valence-corrected chi connectivity index (χ0v) is 18.5. The minimum Gasteiger partial charge on any atom is -0.508 e. The number of fused-ring (bicyclic) bond motifs is 1. The van der Waals surface area contributed by atoms with Crippen LogP contribution in [-0.4, -0.2) is 92.9 Å². The number of carbonyl (C=O) groups is 1. The molecule has 2 heterocycles. The Bertz CT molecular complexity index is 970. The number of benzene rings is 1. The Hall–Kier alpha value is -2.77. The van der Waals surface area contributed by atoms with Crippen molar-refractivity contribution in [2.75, 3.05) is 13.2 Å². The molecule has 6 N–H and O–H groups in total. The van der Waals surface area contributed by atoms with E-state index in [0.29, 0.717) is 11.1 Å². The molecule has 0 bridgehead atoms. The zero-order chi connectivity index (χ0) is 25.1. The molecule has 11 heteroatoms. The van der Waals surface area contributed by atoms with Crippen molar-refractivity contribution in [2.45, 2.75) is 43.1 Å². The molecule has 0 unspecified atom stereocenters. The van der Waals surface area contributed by atoms with Crippen molar-refractivity contribution in [1.29, 1.82) is 0 Å². The van der Waals surface area contributed by atoms with Crippen molar-refractivity contribution in [2.24, 2.45) is 11.8 Å². The summed E-state index contributed by atoms with van der Waals surface area (Å²) in [7, 11) is 0. The van der Waals surface area contributed by atoms with E-state index >= 15 is 0 Å². The van der Waals surface area contributed by atoms with Gasteiger partial charge in [0.05, 0.1) is 24.9 Å². The maximum atomic E-state index is 12.2. The maximum absolute atomic E-state index is 12.2. The van der Waals surface area contributed by atoms with Crippen LogP contribution in [0.3, 0.4) is 0 Å². The monoisotopic (exact) mass is 492 g/mol. The second-order valence-electron chi connectivity index (χ2n) is 8.53. The van der Waals surface area contributed by atoms with E-state index in [1.807, 2.05) is 0 Å². The third-order valence-electron chi connectivity index (χ3n) is 6.23. The third kappa shape index (κ3) is 5.57. The highest BCUT2D eigenvalue weighted by Gasteiger charge is 2.49. The van der Waals surface area contributed by atoms with E-state index in [1.165, 1.54) is 36.6 Å². The van der Waals surface area contributed by atoms with Crippen LogP contribution >= 0.6 is 0 Å². The minimum absolute atomic E-state index is 0.107. The number of phenols is 1. The van der Waals surface area contributed by atoms with E-state index < -0.39 is 67.5 Å². The quantitative estimate of drug-likeness (QED) is 0.159. The Kier molecular flexibility index (Phi) is 7.87. The minimum atomic E-state index is -1.62. The first-order valence-corrected chi connectivity index (χ1v) is 11.1. The summed E-state index contributed by atoms with van der Waals surface area (Å²) in [4.78, 5) is 12.2. The number of hydrogen-bond donors (Lipinski definition) is 6. The number of hydrogen-bond acceptors (Lipinski definition) is 11. The standard InChI is InChI=1S/C24H28O11/c25-10-17-20(29)21(30)22(31)24(34-17)35-23-19-13(9-16(27)15(19)7-8-32-23)11-33-18(28)6-3-12-1-4-14(26)5-2-12/h1-9,15-17,19-27,29-31H,10-11H2/t15-,16-,17-,19-,20-,21+,22-,23+,24-/m1/s1. The van der Waals surface area contributed by atoms with Crippen LogP contribution in [0.4, 0.5) is 0 Å². The lowest BCUT2D eigenvalue weighted by atomic mass is 9.88. The van der Waals surface area contributed by atoms with Crippen LogP contribution in [0.15, 0.2) is 54.3 Å². The first-order chi connectivity index (χ1) is 16.8. The summed E-state index contributed by atoms with van der Waals surface area (Å²) in [5.41, 5.74) is 1.21. The molecule has 0 amide bonds. The number of aliphatic hydroxyl groups is 5. The molecule has 1 aliphatic carbocycles. The van der Waals surface area contributed by atoms with Gasteiger partial charge in [-0.3, -0.25) is 0 Å². The van der Waals surface area contributed by atoms with Crippen molar-refractivity contribution in [3.63, 3.8) is 0 Å². The van der Waals surface area contributed by atoms with Crippen LogP contribution < -0.4 is 0 Å². The molecule has 1 aromatic rings. The Morgan fingerprint density at radius 3 is 2.49 bits per heavy atom. The second-order valence-corrected chi connectivity index (χ2v) is 8.53. The van der Waals surface area contributed by atoms with Gasteiger partial charge in [0, 0.05) is 12.0 Å². The number of esters is 1. The number of carbonyl (C=O) groups excluding carboxylic acids is 1. The van der Waals surface area contributed by atoms with Gasteiger partial charge in [-0.25, -0.2) is 4.79 Å². The molecule has 0 saturated carbocycles. The lowest BCUT2D eigenvalue weighted by Gasteiger charge is -2.42. The summed E-state index contributed by atoms with van der Waals surface area (Å²) < 4.78 is 22.0. The van der Waals surface area contributed by atoms with Gasteiger partial charge in [-0.1, -0.05) is 18.2 Å². The fourth-order valence-corrected chi connectivity index (χ4v) is 4.31. The largest absolute Gasteiger partial charge is 0.508 e. The van der Waals surface area contributed by atoms with Crippen molar-refractivity contribution < 1.29 is 54.4 Å². The number of rotatable bonds is 7. The predicted molar refractivity (Wildman–Crippen MR) is 118 cm³/mol. The Morgan fingerprint density at radius 1 is 1.03 bits per heavy atom. The Balaban J connectivity index is 1.40. The van der Waals surface area contributed by atoms with E-state index in [1.54, 1.807) is 18.2 Å². The van der Waals surface area contributed by atoms with Crippen LogP contribution in [-0.2, 0) is 23.7 Å². The summed E-state index contributed by atoms with van der Waals surface area (Å²) >= 11 is 0. The van der Waals surface area contributed by atoms with Gasteiger partial charge >= 0.3 is 5.97 Å². The predicted octanol–water partition coefficient (Wildman–Crippen LogP) is -0.832. The summed E-state index contributed by atoms with van der Waals surface area (Å²) in [5, 5.41) is 59.4. The molecule has 35 heavy (non-hydrogen) atoms. The highest BCUT2D eigenvalue weighted by atomic mass is 16.8. The molecular formula is C24H28O11. The summed E-state index contributed by atoms with van der Waals surface area (Å²) in [6, 6.07) is 6.24. The molecule has 11 nitrogen and oxygen atoms in total. The highest BCUT2D eigenvalue weighted by Crippen LogP contribution is 2.41. The van der Waals surface area contributed by atoms with Gasteiger partial charge in [0.25, 0.3) is 0 Å². The molecule has 1 aromatic carbocycles. The van der Waals surface area contributed by atoms with E-state index in [0.717, 1.165) is 0 Å². The fraction of sp³-hybridized carbons (Fsp3) is 0.458. The lowest BCUT2D eigenvalue weighted by molar-refractivity contribution is -0.339. The van der Waals surface area contributed by atoms with E-state index in [9.17, 15) is 35.4 Å². The molecule has 3 aliphatic rings. The molecule has 4 rings (SSSR count). The first-order valence-electron chi connectivity index (χ1n) is 11.1. The number of ether oxygens (including phenoxy) is 4. The molecule has 1 fully saturated rings. The topological polar surface area (TPSA) is 175 Å². The van der Waals surface area contributed by atoms with Crippen LogP contribution in [0.25, 0.3) is 6.08 Å². The highest BCUT2D eigenvalue weighted by molar-refractivity contribution is 5.87. The van der Waals surface area contributed by atoms with Gasteiger partial charge < -0.3 is 49.6 Å². The molecule has 1 saturated heterocycles. The average molecular weight is 492 g/mol. The summed E-state index contributed by atoms with van der Waals surface area (Å²) in [6.45, 7) is -0.775. The number of aromatic hydroxyl groups is 1. The van der Waals surface area contributed by atoms with Gasteiger partial charge in [-0.2, -0.15) is 0 Å². The smallest absolute Gasteiger partial charge is 0.331 e. The zero-order valence-electron chi connectivity index (χ0n) is 18.5. The SMILES string of the molecule is O=C(C=Cc1ccc(O)cc1)OCC1=C[C@@H](O)[C@H]2C=CO[C@@H](O[C@H]3O[C@H](CO)[C@@H](O)[C@H](O)[C@H]3O)[C@H]12. The van der Waals surface area contributed by atoms with Gasteiger partial charge in [0.15, 0.2) is 6.29 Å². The second kappa shape index (κ2) is 10.9. The average Bonchev–Trinajstić information content (AvgIpc) is 3.19. The van der Waals surface area contributed by atoms with Crippen molar-refractivity contribution in [3.8, 4) is 5.75 Å². The Morgan fingerprint density at radius 2 is 1.77 bits per heavy atom. The molecule has 2 aliphatic heterocycles. The molecule has 190 valence electrons. The maximum Gasteiger partial charge on any atom is 0.331 e. The van der Waals surface area contributed by atoms with Crippen molar-refractivity contribution in [3.05, 3.63) is 59.9 Å². The molecule has 0 aromatic heterocycles. The lowest BCUT2D eigenvalue weighted by Crippen LogP contribution is -2.60. The normalized spacial score (nSPS) is 36.5. The van der Waals surface area contributed by atoms with Gasteiger partial charge in [-0.05, 0) is 35.4 Å². The summed E-state index contributed by atoms with van der Waals surface area (Å²) in [6.07, 6.45) is -2.08. The molecule has 0 radical (unpaired) electrons. The fourth-order valence-electron chi connectivity index (χ4n) is 4.31. The van der Waals surface area contributed by atoms with Gasteiger partial charge in [0.2, 0.25) is 6.29 Å². The summed E-state index contributed by atoms with van der Waals surface area (Å²) in [5.74, 6) is -1.58. The molecule has 9 atom stereocenters. The number of aliphatic hydroxyl groups excluding tert-OH is 5. The van der Waals surface area contributed by atoms with E-state index in [4.69, 9.17) is 18.9 Å². The van der Waals surface area contributed by atoms with Crippen molar-refractivity contribution in [1.82, 2.24) is 0 Å². The van der Waals surface area contributed by atoms with Gasteiger partial charge in [-0.15, -0.1) is 0 Å². The van der Waals surface area contributed by atoms with Crippen LogP contribution in [0.2, 0.25) is 0 Å². The van der Waals surface area contributed by atoms with Crippen LogP contribution in [0.1, 0.15) is 5.56 Å². The van der Waals surface area contributed by atoms with Crippen molar-refractivity contribution >= 4 is 12.0 Å². The van der Waals surface area contributed by atoms with Crippen LogP contribution in [0.5, 0.6) is 5.75 Å². The molecular weight excluding hydrogens is 464 g/mol. The Labute approximate surface area is 200 Å². The van der Waals surface area contributed by atoms with E-state index in [-0.39, 0.29) is 12.4 Å². The molecule has 0 spiro atoms. The first kappa shape index (κ1) is 25.3. The van der Waals surface area contributed by atoms with Gasteiger partial charge in [0.1, 0.15) is 36.8 Å². The number of phenolic OH excluding ortho intramolecular Hbond substituents is 1. The third-order valence-corrected chi connectivity index (χ3v) is 6.23. The van der Waals surface area contributed by atoms with Crippen LogP contribution in [0, 0.1) is 11.8 Å².